The maximum Gasteiger partial charge on any atom is 0.193 e. The van der Waals surface area contributed by atoms with Gasteiger partial charge in [-0.2, -0.15) is 0 Å². The summed E-state index contributed by atoms with van der Waals surface area (Å²) in [5.74, 6) is 0. The Balaban J connectivity index is 1.78. The summed E-state index contributed by atoms with van der Waals surface area (Å²) in [5.41, 5.74) is 1.87. The molecule has 0 N–H and O–H groups in total. The van der Waals surface area contributed by atoms with Crippen molar-refractivity contribution in [2.24, 2.45) is 5.16 Å². The number of carbonyl (C=O) groups is 1. The van der Waals surface area contributed by atoms with Crippen molar-refractivity contribution in [3.05, 3.63) is 71.8 Å². The lowest BCUT2D eigenvalue weighted by Gasteiger charge is -2.39. The van der Waals surface area contributed by atoms with Crippen LogP contribution in [0.15, 0.2) is 65.8 Å². The first-order chi connectivity index (χ1) is 15.2. The van der Waals surface area contributed by atoms with Crippen molar-refractivity contribution in [1.82, 2.24) is 0 Å². The molecule has 0 amide bonds. The van der Waals surface area contributed by atoms with Crippen LogP contribution in [0.25, 0.3) is 0 Å². The zero-order valence-corrected chi connectivity index (χ0v) is 20.4. The highest BCUT2D eigenvalue weighted by Gasteiger charge is 2.46. The minimum atomic E-state index is -2.20. The minimum absolute atomic E-state index is 0.0288. The Bertz CT molecular complexity index is 882. The molecule has 6 nitrogen and oxygen atoms in total. The lowest BCUT2D eigenvalue weighted by atomic mass is 10.1. The highest BCUT2D eigenvalue weighted by Crippen LogP contribution is 2.39. The maximum absolute atomic E-state index is 11.9. The van der Waals surface area contributed by atoms with E-state index < -0.39 is 32.9 Å². The van der Waals surface area contributed by atoms with Gasteiger partial charge in [0.15, 0.2) is 20.9 Å². The molecule has 0 unspecified atom stereocenters. The fraction of sp³-hybridized carbons (Fsp3) is 0.440. The van der Waals surface area contributed by atoms with Crippen molar-refractivity contribution >= 4 is 20.8 Å². The number of carbonyl (C=O) groups excluding carboxylic acids is 1. The molecule has 1 saturated heterocycles. The molecule has 1 aliphatic rings. The Hall–Kier alpha value is -2.32. The largest absolute Gasteiger partial charge is 0.406 e. The maximum atomic E-state index is 11.9. The molecule has 1 fully saturated rings. The smallest absolute Gasteiger partial charge is 0.193 e. The number of ether oxygens (including phenoxy) is 2. The Morgan fingerprint density at radius 1 is 1.03 bits per heavy atom. The number of nitrogens with zero attached hydrogens (tertiary/aromatic N) is 1. The number of hydrogen-bond acceptors (Lipinski definition) is 6. The van der Waals surface area contributed by atoms with Gasteiger partial charge in [-0.3, -0.25) is 0 Å². The third kappa shape index (κ3) is 6.13. The third-order valence-corrected chi connectivity index (χ3v) is 10.5. The third-order valence-electron chi connectivity index (χ3n) is 6.01. The lowest BCUT2D eigenvalue weighted by molar-refractivity contribution is -0.119. The number of benzene rings is 2. The van der Waals surface area contributed by atoms with Gasteiger partial charge in [0.1, 0.15) is 24.9 Å². The summed E-state index contributed by atoms with van der Waals surface area (Å²) in [5, 5.41) is 4.14. The average Bonchev–Trinajstić information content (AvgIpc) is 3.21. The average molecular weight is 456 g/mol. The molecule has 1 aliphatic heterocycles. The molecule has 0 spiro atoms. The van der Waals surface area contributed by atoms with Crippen LogP contribution in [0.3, 0.4) is 0 Å². The number of oxime groups is 1. The molecule has 2 aromatic rings. The van der Waals surface area contributed by atoms with Gasteiger partial charge in [0, 0.05) is 5.56 Å². The molecule has 7 heteroatoms. The fourth-order valence-electron chi connectivity index (χ4n) is 3.10. The summed E-state index contributed by atoms with van der Waals surface area (Å²) in [7, 11) is -2.20. The molecule has 32 heavy (non-hydrogen) atoms. The van der Waals surface area contributed by atoms with Crippen molar-refractivity contribution in [3.8, 4) is 0 Å². The van der Waals surface area contributed by atoms with Crippen molar-refractivity contribution in [2.45, 2.75) is 70.1 Å². The Morgan fingerprint density at radius 3 is 2.25 bits per heavy atom. The number of aldehydes is 1. The minimum Gasteiger partial charge on any atom is -0.406 e. The van der Waals surface area contributed by atoms with E-state index >= 15 is 0 Å². The predicted molar refractivity (Wildman–Crippen MR) is 127 cm³/mol. The van der Waals surface area contributed by atoms with Crippen molar-refractivity contribution < 1.29 is 23.5 Å². The van der Waals surface area contributed by atoms with E-state index in [1.807, 2.05) is 60.7 Å². The van der Waals surface area contributed by atoms with Gasteiger partial charge in [0.2, 0.25) is 0 Å². The van der Waals surface area contributed by atoms with Crippen LogP contribution >= 0.6 is 0 Å². The van der Waals surface area contributed by atoms with Crippen LogP contribution in [0, 0.1) is 0 Å². The molecule has 0 aromatic heterocycles. The first kappa shape index (κ1) is 24.3. The second-order valence-electron chi connectivity index (χ2n) is 9.44. The SMILES string of the molecule is CC(C)(C)[Si](C)(C)O[C@@H](/C=N/OCc1ccccc1)[C@@H]1O[C@H](c2ccccc2)O[C@@H]1C=O. The summed E-state index contributed by atoms with van der Waals surface area (Å²) in [6.45, 7) is 11.1. The molecule has 0 bridgehead atoms. The van der Waals surface area contributed by atoms with E-state index in [1.54, 1.807) is 6.21 Å². The van der Waals surface area contributed by atoms with Crippen LogP contribution < -0.4 is 0 Å². The predicted octanol–water partition coefficient (Wildman–Crippen LogP) is 5.26. The van der Waals surface area contributed by atoms with Crippen LogP contribution in [0.1, 0.15) is 38.2 Å². The van der Waals surface area contributed by atoms with Crippen LogP contribution in [-0.4, -0.2) is 39.1 Å². The molecular formula is C25H33NO5Si. The van der Waals surface area contributed by atoms with Crippen LogP contribution in [-0.2, 0) is 30.1 Å². The van der Waals surface area contributed by atoms with Gasteiger partial charge in [-0.1, -0.05) is 86.6 Å². The molecular weight excluding hydrogens is 422 g/mol. The monoisotopic (exact) mass is 455 g/mol. The van der Waals surface area contributed by atoms with Gasteiger partial charge in [0.05, 0.1) is 6.21 Å². The Kier molecular flexibility index (Phi) is 8.00. The molecule has 172 valence electrons. The zero-order valence-electron chi connectivity index (χ0n) is 19.4. The Labute approximate surface area is 191 Å². The van der Waals surface area contributed by atoms with Crippen LogP contribution in [0.4, 0.5) is 0 Å². The van der Waals surface area contributed by atoms with Gasteiger partial charge >= 0.3 is 0 Å². The molecule has 4 atom stereocenters. The van der Waals surface area contributed by atoms with Gasteiger partial charge in [-0.25, -0.2) is 0 Å². The van der Waals surface area contributed by atoms with E-state index in [2.05, 4.69) is 39.0 Å². The van der Waals surface area contributed by atoms with Gasteiger partial charge in [-0.15, -0.1) is 0 Å². The van der Waals surface area contributed by atoms with E-state index in [4.69, 9.17) is 18.7 Å². The van der Waals surface area contributed by atoms with Gasteiger partial charge < -0.3 is 23.5 Å². The van der Waals surface area contributed by atoms with Gasteiger partial charge in [0.25, 0.3) is 0 Å². The summed E-state index contributed by atoms with van der Waals surface area (Å²) in [4.78, 5) is 17.4. The normalized spacial score (nSPS) is 22.7. The van der Waals surface area contributed by atoms with E-state index in [-0.39, 0.29) is 5.04 Å². The van der Waals surface area contributed by atoms with Crippen LogP contribution in [0.2, 0.25) is 18.1 Å². The number of hydrogen-bond donors (Lipinski definition) is 0. The highest BCUT2D eigenvalue weighted by atomic mass is 28.4. The first-order valence-electron chi connectivity index (χ1n) is 10.9. The first-order valence-corrected chi connectivity index (χ1v) is 13.8. The fourth-order valence-corrected chi connectivity index (χ4v) is 4.33. The standard InChI is InChI=1S/C25H33NO5Si/c1-25(2,3)32(4,5)31-21(16-26-28-18-19-12-8-6-9-13-19)23-22(17-27)29-24(30-23)20-14-10-7-11-15-20/h6-17,21-24H,18H2,1-5H3/b26-16+/t21-,22+,23-,24+/m0/s1. The van der Waals surface area contributed by atoms with Crippen molar-refractivity contribution in [2.75, 3.05) is 0 Å². The van der Waals surface area contributed by atoms with E-state index in [0.29, 0.717) is 6.61 Å². The van der Waals surface area contributed by atoms with E-state index in [1.165, 1.54) is 0 Å². The summed E-state index contributed by atoms with van der Waals surface area (Å²) >= 11 is 0. The molecule has 3 rings (SSSR count). The Morgan fingerprint density at radius 2 is 1.66 bits per heavy atom. The van der Waals surface area contributed by atoms with Crippen molar-refractivity contribution in [1.29, 1.82) is 0 Å². The molecule has 0 radical (unpaired) electrons. The zero-order chi connectivity index (χ0) is 23.2. The molecule has 1 heterocycles. The van der Waals surface area contributed by atoms with Crippen molar-refractivity contribution in [3.63, 3.8) is 0 Å². The molecule has 0 saturated carbocycles. The lowest BCUT2D eigenvalue weighted by Crippen LogP contribution is -2.50. The summed E-state index contributed by atoms with van der Waals surface area (Å²) in [6, 6.07) is 19.4. The summed E-state index contributed by atoms with van der Waals surface area (Å²) in [6.07, 6.45) is -0.252. The quantitative estimate of drug-likeness (QED) is 0.223. The van der Waals surface area contributed by atoms with Crippen LogP contribution in [0.5, 0.6) is 0 Å². The summed E-state index contributed by atoms with van der Waals surface area (Å²) < 4.78 is 18.7. The highest BCUT2D eigenvalue weighted by molar-refractivity contribution is 6.74. The second kappa shape index (κ2) is 10.5. The van der Waals surface area contributed by atoms with E-state index in [0.717, 1.165) is 17.4 Å². The van der Waals surface area contributed by atoms with E-state index in [9.17, 15) is 4.79 Å². The van der Waals surface area contributed by atoms with Gasteiger partial charge in [-0.05, 0) is 23.7 Å². The molecule has 2 aromatic carbocycles. The molecule has 0 aliphatic carbocycles. The second-order valence-corrected chi connectivity index (χ2v) is 14.2. The number of rotatable bonds is 9. The topological polar surface area (TPSA) is 66.3 Å².